The first-order chi connectivity index (χ1) is 10.1. The largest absolute Gasteiger partial charge is 0.478 e. The van der Waals surface area contributed by atoms with Gasteiger partial charge in [0.15, 0.2) is 0 Å². The molecule has 2 rings (SSSR count). The summed E-state index contributed by atoms with van der Waals surface area (Å²) in [5, 5.41) is 10.3. The first-order valence-corrected chi connectivity index (χ1v) is 7.64. The maximum atomic E-state index is 11.3. The van der Waals surface area contributed by atoms with E-state index in [4.69, 9.17) is 5.73 Å². The quantitative estimate of drug-likeness (QED) is 0.821. The van der Waals surface area contributed by atoms with Gasteiger partial charge in [-0.2, -0.15) is 0 Å². The summed E-state index contributed by atoms with van der Waals surface area (Å²) in [7, 11) is 0. The highest BCUT2D eigenvalue weighted by Crippen LogP contribution is 2.28. The molecule has 0 aliphatic heterocycles. The van der Waals surface area contributed by atoms with E-state index in [0.717, 1.165) is 48.7 Å². The van der Waals surface area contributed by atoms with Crippen molar-refractivity contribution in [2.45, 2.75) is 46.1 Å². The fourth-order valence-electron chi connectivity index (χ4n) is 2.86. The van der Waals surface area contributed by atoms with E-state index >= 15 is 0 Å². The number of rotatable bonds is 7. The molecule has 4 heteroatoms. The number of benzene rings is 1. The minimum atomic E-state index is -0.865. The zero-order chi connectivity index (χ0) is 15.4. The van der Waals surface area contributed by atoms with E-state index < -0.39 is 5.97 Å². The Morgan fingerprint density at radius 1 is 1.33 bits per heavy atom. The summed E-state index contributed by atoms with van der Waals surface area (Å²) < 4.78 is 2.23. The maximum Gasteiger partial charge on any atom is 0.335 e. The molecule has 1 heterocycles. The highest BCUT2D eigenvalue weighted by molar-refractivity contribution is 5.96. The zero-order valence-electron chi connectivity index (χ0n) is 12.9. The molecule has 0 aliphatic rings. The van der Waals surface area contributed by atoms with Crippen LogP contribution in [0.1, 0.15) is 47.7 Å². The third-order valence-electron chi connectivity index (χ3n) is 3.90. The number of nitrogens with two attached hydrogens (primary N) is 1. The van der Waals surface area contributed by atoms with E-state index in [0.29, 0.717) is 12.1 Å². The van der Waals surface area contributed by atoms with E-state index in [1.54, 1.807) is 6.07 Å². The minimum absolute atomic E-state index is 0.370. The highest BCUT2D eigenvalue weighted by Gasteiger charge is 2.14. The Labute approximate surface area is 125 Å². The van der Waals surface area contributed by atoms with Gasteiger partial charge in [-0.05, 0) is 56.0 Å². The van der Waals surface area contributed by atoms with Gasteiger partial charge in [-0.3, -0.25) is 0 Å². The lowest BCUT2D eigenvalue weighted by Crippen LogP contribution is -2.05. The van der Waals surface area contributed by atoms with Gasteiger partial charge in [0.25, 0.3) is 0 Å². The summed E-state index contributed by atoms with van der Waals surface area (Å²) in [4.78, 5) is 11.3. The molecule has 114 valence electrons. The Kier molecular flexibility index (Phi) is 5.02. The number of hydrogen-bond donors (Lipinski definition) is 2. The van der Waals surface area contributed by atoms with Crippen molar-refractivity contribution in [3.63, 3.8) is 0 Å². The lowest BCUT2D eigenvalue weighted by molar-refractivity contribution is 0.0697. The molecule has 0 aliphatic carbocycles. The van der Waals surface area contributed by atoms with Crippen molar-refractivity contribution < 1.29 is 9.90 Å². The normalized spacial score (nSPS) is 11.2. The maximum absolute atomic E-state index is 11.3. The molecule has 2 aromatic rings. The van der Waals surface area contributed by atoms with E-state index in [1.165, 1.54) is 5.56 Å². The molecule has 1 aromatic carbocycles. The Balaban J connectivity index is 2.56. The van der Waals surface area contributed by atoms with Gasteiger partial charge >= 0.3 is 5.97 Å². The van der Waals surface area contributed by atoms with Crippen LogP contribution >= 0.6 is 0 Å². The summed E-state index contributed by atoms with van der Waals surface area (Å²) in [6.45, 7) is 5.70. The average Bonchev–Trinajstić information content (AvgIpc) is 2.81. The summed E-state index contributed by atoms with van der Waals surface area (Å²) >= 11 is 0. The van der Waals surface area contributed by atoms with Crippen molar-refractivity contribution in [2.75, 3.05) is 6.54 Å². The summed E-state index contributed by atoms with van der Waals surface area (Å²) in [6.07, 6.45) is 6.34. The minimum Gasteiger partial charge on any atom is -0.478 e. The number of fused-ring (bicyclic) bond motifs is 1. The van der Waals surface area contributed by atoms with Crippen LogP contribution in [0.15, 0.2) is 18.3 Å². The van der Waals surface area contributed by atoms with Crippen LogP contribution < -0.4 is 5.73 Å². The second kappa shape index (κ2) is 6.76. The average molecular weight is 288 g/mol. The van der Waals surface area contributed by atoms with Crippen molar-refractivity contribution >= 4 is 16.9 Å². The van der Waals surface area contributed by atoms with Crippen LogP contribution in [0.3, 0.4) is 0 Å². The Bertz CT molecular complexity index is 644. The highest BCUT2D eigenvalue weighted by atomic mass is 16.4. The third-order valence-corrected chi connectivity index (χ3v) is 3.90. The molecule has 0 bridgehead atoms. The van der Waals surface area contributed by atoms with Gasteiger partial charge in [0.05, 0.1) is 11.1 Å². The Morgan fingerprint density at radius 2 is 2.10 bits per heavy atom. The van der Waals surface area contributed by atoms with Crippen LogP contribution in [0.25, 0.3) is 10.9 Å². The van der Waals surface area contributed by atoms with Crippen LogP contribution in [0.5, 0.6) is 0 Å². The SMILES string of the molecule is CCCCc1cn(CCCN)c2c(C)cc(C(=O)O)cc12. The van der Waals surface area contributed by atoms with E-state index in [2.05, 4.69) is 17.7 Å². The molecule has 0 spiro atoms. The van der Waals surface area contributed by atoms with E-state index in [1.807, 2.05) is 13.0 Å². The monoisotopic (exact) mass is 288 g/mol. The van der Waals surface area contributed by atoms with Crippen molar-refractivity contribution in [2.24, 2.45) is 5.73 Å². The van der Waals surface area contributed by atoms with E-state index in [9.17, 15) is 9.90 Å². The summed E-state index contributed by atoms with van der Waals surface area (Å²) in [6, 6.07) is 3.57. The number of aromatic nitrogens is 1. The van der Waals surface area contributed by atoms with E-state index in [-0.39, 0.29) is 0 Å². The van der Waals surface area contributed by atoms with Crippen LogP contribution in [0.4, 0.5) is 0 Å². The number of hydrogen-bond acceptors (Lipinski definition) is 2. The number of nitrogens with zero attached hydrogens (tertiary/aromatic N) is 1. The lowest BCUT2D eigenvalue weighted by atomic mass is 10.0. The molecule has 4 nitrogen and oxygen atoms in total. The second-order valence-corrected chi connectivity index (χ2v) is 5.59. The molecule has 0 unspecified atom stereocenters. The van der Waals surface area contributed by atoms with Gasteiger partial charge in [0.1, 0.15) is 0 Å². The first-order valence-electron chi connectivity index (χ1n) is 7.64. The lowest BCUT2D eigenvalue weighted by Gasteiger charge is -2.07. The molecule has 0 saturated heterocycles. The summed E-state index contributed by atoms with van der Waals surface area (Å²) in [5.41, 5.74) is 9.40. The van der Waals surface area contributed by atoms with Gasteiger partial charge in [-0.15, -0.1) is 0 Å². The van der Waals surface area contributed by atoms with Crippen LogP contribution in [-0.4, -0.2) is 22.2 Å². The molecule has 0 atom stereocenters. The Morgan fingerprint density at radius 3 is 2.71 bits per heavy atom. The predicted octanol–water partition coefficient (Wildman–Crippen LogP) is 3.34. The number of aryl methyl sites for hydroxylation is 3. The number of unbranched alkanes of at least 4 members (excludes halogenated alkanes) is 1. The first kappa shape index (κ1) is 15.6. The van der Waals surface area contributed by atoms with Gasteiger partial charge in [-0.1, -0.05) is 13.3 Å². The van der Waals surface area contributed by atoms with Gasteiger partial charge in [0.2, 0.25) is 0 Å². The molecule has 21 heavy (non-hydrogen) atoms. The van der Waals surface area contributed by atoms with Crippen LogP contribution in [-0.2, 0) is 13.0 Å². The van der Waals surface area contributed by atoms with Crippen molar-refractivity contribution in [3.05, 3.63) is 35.0 Å². The van der Waals surface area contributed by atoms with Crippen molar-refractivity contribution in [3.8, 4) is 0 Å². The van der Waals surface area contributed by atoms with Crippen molar-refractivity contribution in [1.82, 2.24) is 4.57 Å². The van der Waals surface area contributed by atoms with Crippen LogP contribution in [0, 0.1) is 6.92 Å². The predicted molar refractivity (Wildman–Crippen MR) is 85.9 cm³/mol. The fourth-order valence-corrected chi connectivity index (χ4v) is 2.86. The fraction of sp³-hybridized carbons (Fsp3) is 0.471. The molecule has 0 radical (unpaired) electrons. The summed E-state index contributed by atoms with van der Waals surface area (Å²) in [5.74, 6) is -0.865. The molecular formula is C17H24N2O2. The molecule has 1 aromatic heterocycles. The van der Waals surface area contributed by atoms with Gasteiger partial charge in [0, 0.05) is 18.1 Å². The molecule has 0 amide bonds. The topological polar surface area (TPSA) is 68.2 Å². The number of carboxylic acids is 1. The van der Waals surface area contributed by atoms with Crippen molar-refractivity contribution in [1.29, 1.82) is 0 Å². The smallest absolute Gasteiger partial charge is 0.335 e. The van der Waals surface area contributed by atoms with Crippen LogP contribution in [0.2, 0.25) is 0 Å². The number of carboxylic acid groups (broad SMARTS) is 1. The second-order valence-electron chi connectivity index (χ2n) is 5.59. The Hall–Kier alpha value is -1.81. The number of aromatic carboxylic acids is 1. The number of carbonyl (C=O) groups is 1. The molecular weight excluding hydrogens is 264 g/mol. The van der Waals surface area contributed by atoms with Gasteiger partial charge in [-0.25, -0.2) is 4.79 Å². The standard InChI is InChI=1S/C17H24N2O2/c1-3-4-6-13-11-19(8-5-7-18)16-12(2)9-14(17(20)21)10-15(13)16/h9-11H,3-8,18H2,1-2H3,(H,20,21). The molecule has 3 N–H and O–H groups in total. The third kappa shape index (κ3) is 3.27. The van der Waals surface area contributed by atoms with Gasteiger partial charge < -0.3 is 15.4 Å². The molecule has 0 saturated carbocycles. The zero-order valence-corrected chi connectivity index (χ0v) is 12.9. The molecule has 0 fully saturated rings.